The third kappa shape index (κ3) is 26.2. The van der Waals surface area contributed by atoms with Gasteiger partial charge in [-0.05, 0) is 26.6 Å². The van der Waals surface area contributed by atoms with Crippen molar-refractivity contribution < 1.29 is 4.79 Å². The third-order valence-corrected chi connectivity index (χ3v) is 0.900. The van der Waals surface area contributed by atoms with Crippen LogP contribution in [0.4, 0.5) is 0 Å². The molecule has 0 aromatic rings. The van der Waals surface area contributed by atoms with E-state index >= 15 is 0 Å². The summed E-state index contributed by atoms with van der Waals surface area (Å²) >= 11 is 0. The highest BCUT2D eigenvalue weighted by Gasteiger charge is 1.84. The Morgan fingerprint density at radius 2 is 1.82 bits per heavy atom. The van der Waals surface area contributed by atoms with Gasteiger partial charge in [0.05, 0.1) is 6.54 Å². The molecule has 0 aromatic heterocycles. The molecule has 0 rings (SSSR count). The van der Waals surface area contributed by atoms with Crippen molar-refractivity contribution in [2.75, 3.05) is 27.2 Å². The second-order valence-electron chi connectivity index (χ2n) is 2.68. The smallest absolute Gasteiger partial charge is 0.133 e. The van der Waals surface area contributed by atoms with Gasteiger partial charge in [-0.25, -0.2) is 0 Å². The lowest BCUT2D eigenvalue weighted by Crippen LogP contribution is -2.12. The number of carbonyl (C=O) groups is 1. The molecule has 0 saturated carbocycles. The summed E-state index contributed by atoms with van der Waals surface area (Å²) in [5.41, 5.74) is 0. The Morgan fingerprint density at radius 3 is 1.82 bits per heavy atom. The maximum Gasteiger partial charge on any atom is 0.133 e. The second kappa shape index (κ2) is 12.3. The number of carbonyl (C=O) groups excluding carboxylic acids is 1. The molecule has 2 N–H and O–H groups in total. The Bertz CT molecular complexity index is 74.5. The first kappa shape index (κ1) is 13.2. The van der Waals surface area contributed by atoms with Crippen LogP contribution in [0, 0.1) is 5.92 Å². The Balaban J connectivity index is 0. The minimum Gasteiger partial charge on any atom is -0.319 e. The number of hydrogen-bond donors (Lipinski definition) is 2. The van der Waals surface area contributed by atoms with Crippen molar-refractivity contribution in [2.45, 2.75) is 13.8 Å². The van der Waals surface area contributed by atoms with E-state index in [4.69, 9.17) is 0 Å². The quantitative estimate of drug-likeness (QED) is 0.580. The van der Waals surface area contributed by atoms with Crippen LogP contribution in [-0.2, 0) is 4.79 Å². The van der Waals surface area contributed by atoms with Gasteiger partial charge in [0, 0.05) is 0 Å². The van der Waals surface area contributed by atoms with Gasteiger partial charge in [-0.2, -0.15) is 0 Å². The summed E-state index contributed by atoms with van der Waals surface area (Å²) in [7, 11) is 3.70. The largest absolute Gasteiger partial charge is 0.319 e. The molecule has 0 spiro atoms. The summed E-state index contributed by atoms with van der Waals surface area (Å²) < 4.78 is 0. The van der Waals surface area contributed by atoms with Crippen LogP contribution in [0.5, 0.6) is 0 Å². The van der Waals surface area contributed by atoms with Gasteiger partial charge in [0.1, 0.15) is 6.29 Å². The fourth-order valence-electron chi connectivity index (χ4n) is 0.492. The molecule has 0 amide bonds. The highest BCUT2D eigenvalue weighted by Crippen LogP contribution is 1.83. The minimum atomic E-state index is 0.458. The normalized spacial score (nSPS) is 8.82. The first-order chi connectivity index (χ1) is 5.18. The van der Waals surface area contributed by atoms with Crippen molar-refractivity contribution in [3.05, 3.63) is 0 Å². The molecule has 0 saturated heterocycles. The van der Waals surface area contributed by atoms with Crippen molar-refractivity contribution >= 4 is 6.29 Å². The first-order valence-corrected chi connectivity index (χ1v) is 3.91. The van der Waals surface area contributed by atoms with Gasteiger partial charge in [0.15, 0.2) is 0 Å². The monoisotopic (exact) mass is 160 g/mol. The molecule has 0 aromatic carbocycles. The third-order valence-electron chi connectivity index (χ3n) is 0.900. The molecule has 0 atom stereocenters. The van der Waals surface area contributed by atoms with E-state index in [0.29, 0.717) is 6.54 Å². The molecular formula is C8H20N2O. The van der Waals surface area contributed by atoms with Crippen LogP contribution in [0.25, 0.3) is 0 Å². The molecule has 0 bridgehead atoms. The van der Waals surface area contributed by atoms with E-state index in [9.17, 15) is 4.79 Å². The fraction of sp³-hybridized carbons (Fsp3) is 0.875. The van der Waals surface area contributed by atoms with E-state index in [1.165, 1.54) is 0 Å². The van der Waals surface area contributed by atoms with Crippen molar-refractivity contribution in [3.8, 4) is 0 Å². The molecule has 0 heterocycles. The van der Waals surface area contributed by atoms with Crippen molar-refractivity contribution in [1.29, 1.82) is 0 Å². The standard InChI is InChI=1S/C5H13N.C3H7NO/c1-5(2)4-6-3;1-4-2-3-5/h5-6H,4H2,1-3H3;3-4H,2H2,1H3. The summed E-state index contributed by atoms with van der Waals surface area (Å²) in [4.78, 5) is 9.34. The van der Waals surface area contributed by atoms with Crippen molar-refractivity contribution in [2.24, 2.45) is 5.92 Å². The highest BCUT2D eigenvalue weighted by molar-refractivity contribution is 5.51. The van der Waals surface area contributed by atoms with E-state index in [1.54, 1.807) is 7.05 Å². The molecular weight excluding hydrogens is 140 g/mol. The van der Waals surface area contributed by atoms with Gasteiger partial charge in [-0.15, -0.1) is 0 Å². The highest BCUT2D eigenvalue weighted by atomic mass is 16.1. The molecule has 0 aliphatic carbocycles. The second-order valence-corrected chi connectivity index (χ2v) is 2.68. The lowest BCUT2D eigenvalue weighted by Gasteiger charge is -1.98. The van der Waals surface area contributed by atoms with Crippen LogP contribution in [0.15, 0.2) is 0 Å². The van der Waals surface area contributed by atoms with E-state index in [1.807, 2.05) is 7.05 Å². The first-order valence-electron chi connectivity index (χ1n) is 3.91. The molecule has 0 radical (unpaired) electrons. The minimum absolute atomic E-state index is 0.458. The molecule has 3 nitrogen and oxygen atoms in total. The van der Waals surface area contributed by atoms with E-state index in [0.717, 1.165) is 18.7 Å². The maximum absolute atomic E-state index is 9.34. The molecule has 11 heavy (non-hydrogen) atoms. The summed E-state index contributed by atoms with van der Waals surface area (Å²) in [5.74, 6) is 0.787. The number of hydrogen-bond acceptors (Lipinski definition) is 3. The van der Waals surface area contributed by atoms with Crippen molar-refractivity contribution in [3.63, 3.8) is 0 Å². The summed E-state index contributed by atoms with van der Waals surface area (Å²) in [5, 5.41) is 5.72. The van der Waals surface area contributed by atoms with Gasteiger partial charge in [0.2, 0.25) is 0 Å². The van der Waals surface area contributed by atoms with Crippen LogP contribution < -0.4 is 10.6 Å². The average molecular weight is 160 g/mol. The lowest BCUT2D eigenvalue weighted by molar-refractivity contribution is -0.107. The number of likely N-dealkylation sites (N-methyl/N-ethyl adjacent to an activating group) is 1. The molecule has 0 unspecified atom stereocenters. The average Bonchev–Trinajstić information content (AvgIpc) is 1.90. The maximum atomic E-state index is 9.34. The number of nitrogens with one attached hydrogen (secondary N) is 2. The van der Waals surface area contributed by atoms with Crippen LogP contribution in [0.2, 0.25) is 0 Å². The zero-order valence-corrected chi connectivity index (χ0v) is 7.98. The van der Waals surface area contributed by atoms with Crippen LogP contribution in [0.1, 0.15) is 13.8 Å². The molecule has 0 aliphatic rings. The van der Waals surface area contributed by atoms with Gasteiger partial charge in [-0.3, -0.25) is 0 Å². The van der Waals surface area contributed by atoms with E-state index in [2.05, 4.69) is 24.5 Å². The number of rotatable bonds is 4. The van der Waals surface area contributed by atoms with Crippen LogP contribution >= 0.6 is 0 Å². The lowest BCUT2D eigenvalue weighted by atomic mass is 10.2. The summed E-state index contributed by atoms with van der Waals surface area (Å²) in [6, 6.07) is 0. The summed E-state index contributed by atoms with van der Waals surface area (Å²) in [6.45, 7) is 5.97. The fourth-order valence-corrected chi connectivity index (χ4v) is 0.492. The van der Waals surface area contributed by atoms with Gasteiger partial charge >= 0.3 is 0 Å². The topological polar surface area (TPSA) is 41.1 Å². The Hall–Kier alpha value is -0.410. The SMILES string of the molecule is CNCC(C)C.CNCC=O. The van der Waals surface area contributed by atoms with E-state index in [-0.39, 0.29) is 0 Å². The Kier molecular flexibility index (Phi) is 14.7. The molecule has 68 valence electrons. The molecule has 3 heteroatoms. The van der Waals surface area contributed by atoms with Crippen LogP contribution in [-0.4, -0.2) is 33.5 Å². The van der Waals surface area contributed by atoms with Gasteiger partial charge in [0.25, 0.3) is 0 Å². The van der Waals surface area contributed by atoms with Crippen molar-refractivity contribution in [1.82, 2.24) is 10.6 Å². The number of aldehydes is 1. The van der Waals surface area contributed by atoms with Gasteiger partial charge in [-0.1, -0.05) is 13.8 Å². The van der Waals surface area contributed by atoms with E-state index < -0.39 is 0 Å². The molecule has 0 aliphatic heterocycles. The van der Waals surface area contributed by atoms with Gasteiger partial charge < -0.3 is 15.4 Å². The zero-order chi connectivity index (χ0) is 9.11. The zero-order valence-electron chi connectivity index (χ0n) is 7.98. The summed E-state index contributed by atoms with van der Waals surface area (Å²) in [6.07, 6.45) is 0.819. The molecule has 0 fully saturated rings. The Labute approximate surface area is 69.6 Å². The predicted octanol–water partition coefficient (Wildman–Crippen LogP) is 0.267. The predicted molar refractivity (Wildman–Crippen MR) is 48.8 cm³/mol. The Morgan fingerprint density at radius 1 is 1.27 bits per heavy atom. The van der Waals surface area contributed by atoms with Crippen LogP contribution in [0.3, 0.4) is 0 Å².